The van der Waals surface area contributed by atoms with Crippen LogP contribution in [0.15, 0.2) is 0 Å². The van der Waals surface area contributed by atoms with Gasteiger partial charge < -0.3 is 5.11 Å². The zero-order valence-electron chi connectivity index (χ0n) is 13.3. The molecule has 3 heteroatoms. The van der Waals surface area contributed by atoms with Crippen LogP contribution < -0.4 is 0 Å². The molecular formula is C17H31NO2. The third kappa shape index (κ3) is 3.55. The average Bonchev–Trinajstić information content (AvgIpc) is 2.42. The molecule has 1 heterocycles. The van der Waals surface area contributed by atoms with Gasteiger partial charge in [-0.1, -0.05) is 33.6 Å². The van der Waals surface area contributed by atoms with E-state index in [0.717, 1.165) is 44.2 Å². The van der Waals surface area contributed by atoms with Gasteiger partial charge in [0, 0.05) is 12.6 Å². The zero-order valence-corrected chi connectivity index (χ0v) is 13.3. The fourth-order valence-electron chi connectivity index (χ4n) is 4.19. The van der Waals surface area contributed by atoms with Crippen molar-refractivity contribution in [2.75, 3.05) is 13.1 Å². The molecule has 1 aliphatic heterocycles. The number of hydrogen-bond donors (Lipinski definition) is 1. The summed E-state index contributed by atoms with van der Waals surface area (Å²) in [7, 11) is 0. The van der Waals surface area contributed by atoms with Gasteiger partial charge >= 0.3 is 5.97 Å². The quantitative estimate of drug-likeness (QED) is 0.855. The number of carbonyl (C=O) groups is 1. The maximum atomic E-state index is 11.6. The van der Waals surface area contributed by atoms with Crippen LogP contribution in [0, 0.1) is 23.7 Å². The Morgan fingerprint density at radius 1 is 1.20 bits per heavy atom. The summed E-state index contributed by atoms with van der Waals surface area (Å²) in [6.07, 6.45) is 6.81. The first-order chi connectivity index (χ1) is 9.52. The van der Waals surface area contributed by atoms with E-state index < -0.39 is 5.97 Å². The average molecular weight is 281 g/mol. The summed E-state index contributed by atoms with van der Waals surface area (Å²) in [6, 6.07) is 0.285. The van der Waals surface area contributed by atoms with Gasteiger partial charge in [-0.2, -0.15) is 0 Å². The van der Waals surface area contributed by atoms with Crippen LogP contribution in [0.3, 0.4) is 0 Å². The van der Waals surface area contributed by atoms with Gasteiger partial charge in [0.1, 0.15) is 0 Å². The monoisotopic (exact) mass is 281 g/mol. The first-order valence-electron chi connectivity index (χ1n) is 8.49. The molecule has 0 aromatic heterocycles. The second kappa shape index (κ2) is 6.93. The zero-order chi connectivity index (χ0) is 14.7. The second-order valence-corrected chi connectivity index (χ2v) is 7.22. The van der Waals surface area contributed by atoms with Gasteiger partial charge in [-0.3, -0.25) is 9.69 Å². The lowest BCUT2D eigenvalue weighted by Crippen LogP contribution is -2.51. The van der Waals surface area contributed by atoms with Crippen molar-refractivity contribution in [1.82, 2.24) is 4.90 Å². The summed E-state index contributed by atoms with van der Waals surface area (Å²) in [5.41, 5.74) is 0. The minimum Gasteiger partial charge on any atom is -0.481 e. The summed E-state index contributed by atoms with van der Waals surface area (Å²) in [5, 5.41) is 9.55. The van der Waals surface area contributed by atoms with Crippen molar-refractivity contribution in [1.29, 1.82) is 0 Å². The van der Waals surface area contributed by atoms with Gasteiger partial charge in [-0.15, -0.1) is 0 Å². The van der Waals surface area contributed by atoms with Crippen LogP contribution in [0.2, 0.25) is 0 Å². The highest BCUT2D eigenvalue weighted by Crippen LogP contribution is 2.37. The lowest BCUT2D eigenvalue weighted by atomic mass is 9.74. The molecule has 1 saturated heterocycles. The van der Waals surface area contributed by atoms with Crippen molar-refractivity contribution in [3.8, 4) is 0 Å². The van der Waals surface area contributed by atoms with Crippen molar-refractivity contribution in [2.45, 2.75) is 65.3 Å². The summed E-state index contributed by atoms with van der Waals surface area (Å²) in [5.74, 6) is 1.52. The molecule has 0 spiro atoms. The van der Waals surface area contributed by atoms with E-state index in [4.69, 9.17) is 0 Å². The molecule has 0 amide bonds. The summed E-state index contributed by atoms with van der Waals surface area (Å²) in [6.45, 7) is 9.08. The van der Waals surface area contributed by atoms with E-state index in [9.17, 15) is 9.90 Å². The van der Waals surface area contributed by atoms with Gasteiger partial charge in [0.05, 0.1) is 5.92 Å². The first kappa shape index (κ1) is 15.8. The van der Waals surface area contributed by atoms with Gasteiger partial charge in [-0.05, 0) is 50.0 Å². The molecule has 20 heavy (non-hydrogen) atoms. The number of piperidine rings is 1. The first-order valence-corrected chi connectivity index (χ1v) is 8.49. The molecule has 1 saturated carbocycles. The Morgan fingerprint density at radius 3 is 2.55 bits per heavy atom. The van der Waals surface area contributed by atoms with Crippen molar-refractivity contribution in [3.63, 3.8) is 0 Å². The SMILES string of the molecule is CCCC1CCC(C(=O)O)C(N2CCC(C)C(C)C2)C1. The number of nitrogens with zero attached hydrogens (tertiary/aromatic N) is 1. The van der Waals surface area contributed by atoms with Gasteiger partial charge in [0.25, 0.3) is 0 Å². The Labute approximate surface area is 123 Å². The minimum atomic E-state index is -0.573. The van der Waals surface area contributed by atoms with Gasteiger partial charge in [0.2, 0.25) is 0 Å². The van der Waals surface area contributed by atoms with Crippen LogP contribution in [0.4, 0.5) is 0 Å². The Hall–Kier alpha value is -0.570. The molecule has 0 aromatic rings. The predicted molar refractivity (Wildman–Crippen MR) is 81.7 cm³/mol. The van der Waals surface area contributed by atoms with Crippen LogP contribution in [0.1, 0.15) is 59.3 Å². The fourth-order valence-corrected chi connectivity index (χ4v) is 4.19. The van der Waals surface area contributed by atoms with Gasteiger partial charge in [-0.25, -0.2) is 0 Å². The lowest BCUT2D eigenvalue weighted by Gasteiger charge is -2.45. The van der Waals surface area contributed by atoms with E-state index in [1.165, 1.54) is 19.3 Å². The molecule has 0 radical (unpaired) electrons. The van der Waals surface area contributed by atoms with E-state index in [0.29, 0.717) is 5.92 Å². The molecule has 1 N–H and O–H groups in total. The largest absolute Gasteiger partial charge is 0.481 e. The summed E-state index contributed by atoms with van der Waals surface area (Å²) in [4.78, 5) is 14.1. The predicted octanol–water partition coefficient (Wildman–Crippen LogP) is 3.63. The van der Waals surface area contributed by atoms with Crippen LogP contribution >= 0.6 is 0 Å². The van der Waals surface area contributed by atoms with Crippen molar-refractivity contribution in [2.24, 2.45) is 23.7 Å². The van der Waals surface area contributed by atoms with Crippen molar-refractivity contribution < 1.29 is 9.90 Å². The molecule has 5 atom stereocenters. The normalized spacial score (nSPS) is 39.6. The van der Waals surface area contributed by atoms with Crippen LogP contribution in [-0.2, 0) is 4.79 Å². The highest BCUT2D eigenvalue weighted by molar-refractivity contribution is 5.71. The van der Waals surface area contributed by atoms with Crippen LogP contribution in [-0.4, -0.2) is 35.1 Å². The number of likely N-dealkylation sites (tertiary alicyclic amines) is 1. The van der Waals surface area contributed by atoms with Crippen molar-refractivity contribution >= 4 is 5.97 Å². The highest BCUT2D eigenvalue weighted by Gasteiger charge is 2.39. The Morgan fingerprint density at radius 2 is 1.95 bits per heavy atom. The van der Waals surface area contributed by atoms with E-state index in [-0.39, 0.29) is 12.0 Å². The molecule has 2 aliphatic rings. The number of rotatable bonds is 4. The second-order valence-electron chi connectivity index (χ2n) is 7.22. The van der Waals surface area contributed by atoms with E-state index in [1.54, 1.807) is 0 Å². The third-order valence-electron chi connectivity index (χ3n) is 5.77. The topological polar surface area (TPSA) is 40.5 Å². The molecule has 0 aromatic carbocycles. The van der Waals surface area contributed by atoms with E-state index in [1.807, 2.05) is 0 Å². The van der Waals surface area contributed by atoms with Crippen LogP contribution in [0.25, 0.3) is 0 Å². The van der Waals surface area contributed by atoms with E-state index >= 15 is 0 Å². The molecule has 2 rings (SSSR count). The third-order valence-corrected chi connectivity index (χ3v) is 5.77. The molecule has 116 valence electrons. The molecule has 0 bridgehead atoms. The number of hydrogen-bond acceptors (Lipinski definition) is 2. The summed E-state index contributed by atoms with van der Waals surface area (Å²) >= 11 is 0. The molecule has 1 aliphatic carbocycles. The molecule has 3 nitrogen and oxygen atoms in total. The van der Waals surface area contributed by atoms with Crippen LogP contribution in [0.5, 0.6) is 0 Å². The highest BCUT2D eigenvalue weighted by atomic mass is 16.4. The van der Waals surface area contributed by atoms with Crippen molar-refractivity contribution in [3.05, 3.63) is 0 Å². The number of aliphatic carboxylic acids is 1. The Bertz CT molecular complexity index is 331. The van der Waals surface area contributed by atoms with E-state index in [2.05, 4.69) is 25.7 Å². The standard InChI is InChI=1S/C17H31NO2/c1-4-5-14-6-7-15(17(19)20)16(10-14)18-9-8-12(2)13(3)11-18/h12-16H,4-11H2,1-3H3,(H,19,20). The lowest BCUT2D eigenvalue weighted by molar-refractivity contribution is -0.147. The summed E-state index contributed by atoms with van der Waals surface area (Å²) < 4.78 is 0. The molecule has 5 unspecified atom stereocenters. The Balaban J connectivity index is 2.05. The van der Waals surface area contributed by atoms with Gasteiger partial charge in [0.15, 0.2) is 0 Å². The molecule has 2 fully saturated rings. The molecular weight excluding hydrogens is 250 g/mol. The maximum absolute atomic E-state index is 11.6. The minimum absolute atomic E-state index is 0.135. The maximum Gasteiger partial charge on any atom is 0.308 e. The number of carboxylic acids is 1. The number of carboxylic acid groups (broad SMARTS) is 1. The Kier molecular flexibility index (Phi) is 5.48. The fraction of sp³-hybridized carbons (Fsp3) is 0.941. The smallest absolute Gasteiger partial charge is 0.308 e.